The molecule has 0 amide bonds. The highest BCUT2D eigenvalue weighted by Crippen LogP contribution is 2.33. The second-order valence-electron chi connectivity index (χ2n) is 6.23. The zero-order valence-corrected chi connectivity index (χ0v) is 14.5. The summed E-state index contributed by atoms with van der Waals surface area (Å²) in [6.07, 6.45) is 0. The summed E-state index contributed by atoms with van der Waals surface area (Å²) < 4.78 is 16.0. The molecule has 6 nitrogen and oxygen atoms in total. The van der Waals surface area contributed by atoms with Gasteiger partial charge in [-0.05, 0) is 17.7 Å². The van der Waals surface area contributed by atoms with Gasteiger partial charge in [-0.25, -0.2) is 0 Å². The number of methoxy groups -OCH3 is 2. The van der Waals surface area contributed by atoms with Crippen LogP contribution in [0, 0.1) is 0 Å². The van der Waals surface area contributed by atoms with Gasteiger partial charge in [-0.3, -0.25) is 4.99 Å². The van der Waals surface area contributed by atoms with Crippen molar-refractivity contribution in [1.82, 2.24) is 4.90 Å². The molecule has 1 fully saturated rings. The van der Waals surface area contributed by atoms with Gasteiger partial charge in [-0.15, -0.1) is 0 Å². The molecule has 1 saturated heterocycles. The molecule has 1 aromatic carbocycles. The maximum absolute atomic E-state index is 6.11. The summed E-state index contributed by atoms with van der Waals surface area (Å²) in [5.41, 5.74) is 7.09. The summed E-state index contributed by atoms with van der Waals surface area (Å²) in [6, 6.07) is 5.96. The maximum Gasteiger partial charge on any atom is 0.191 e. The van der Waals surface area contributed by atoms with E-state index < -0.39 is 0 Å². The van der Waals surface area contributed by atoms with Crippen molar-refractivity contribution < 1.29 is 14.2 Å². The van der Waals surface area contributed by atoms with Gasteiger partial charge in [-0.1, -0.05) is 19.9 Å². The lowest BCUT2D eigenvalue weighted by molar-refractivity contribution is 0.0674. The first kappa shape index (κ1) is 17.4. The zero-order valence-electron chi connectivity index (χ0n) is 14.5. The summed E-state index contributed by atoms with van der Waals surface area (Å²) >= 11 is 0. The minimum atomic E-state index is -0.156. The average Bonchev–Trinajstić information content (AvgIpc) is 2.59. The van der Waals surface area contributed by atoms with Gasteiger partial charge in [0.15, 0.2) is 17.5 Å². The number of benzene rings is 1. The lowest BCUT2D eigenvalue weighted by Crippen LogP contribution is -2.45. The Morgan fingerprint density at radius 3 is 2.48 bits per heavy atom. The number of hydrogen-bond donors (Lipinski definition) is 1. The predicted molar refractivity (Wildman–Crippen MR) is 91.5 cm³/mol. The first-order valence-electron chi connectivity index (χ1n) is 7.83. The van der Waals surface area contributed by atoms with E-state index in [9.17, 15) is 0 Å². The predicted octanol–water partition coefficient (Wildman–Crippen LogP) is 1.63. The van der Waals surface area contributed by atoms with Crippen molar-refractivity contribution >= 4 is 5.96 Å². The van der Waals surface area contributed by atoms with Crippen LogP contribution in [0.2, 0.25) is 0 Å². The Hall–Kier alpha value is -1.95. The van der Waals surface area contributed by atoms with Crippen molar-refractivity contribution in [3.05, 3.63) is 23.8 Å². The van der Waals surface area contributed by atoms with Gasteiger partial charge in [0.2, 0.25) is 0 Å². The second-order valence-corrected chi connectivity index (χ2v) is 6.23. The van der Waals surface area contributed by atoms with Gasteiger partial charge >= 0.3 is 0 Å². The fourth-order valence-corrected chi connectivity index (χ4v) is 2.52. The topological polar surface area (TPSA) is 69.3 Å². The molecule has 0 aliphatic carbocycles. The monoisotopic (exact) mass is 321 g/mol. The number of nitrogens with zero attached hydrogens (tertiary/aromatic N) is 2. The van der Waals surface area contributed by atoms with Crippen LogP contribution >= 0.6 is 0 Å². The van der Waals surface area contributed by atoms with Gasteiger partial charge < -0.3 is 24.8 Å². The molecule has 2 rings (SSSR count). The van der Waals surface area contributed by atoms with Gasteiger partial charge in [-0.2, -0.15) is 0 Å². The molecule has 0 saturated carbocycles. The normalized spacial score (nSPS) is 16.3. The molecule has 128 valence electrons. The molecule has 0 aromatic heterocycles. The van der Waals surface area contributed by atoms with Crippen molar-refractivity contribution in [2.45, 2.75) is 19.3 Å². The highest BCUT2D eigenvalue weighted by molar-refractivity contribution is 5.78. The van der Waals surface area contributed by atoms with E-state index in [1.807, 2.05) is 18.2 Å². The van der Waals surface area contributed by atoms with Crippen molar-refractivity contribution in [2.24, 2.45) is 10.7 Å². The molecule has 0 unspecified atom stereocenters. The summed E-state index contributed by atoms with van der Waals surface area (Å²) in [6.45, 7) is 7.89. The van der Waals surface area contributed by atoms with Crippen LogP contribution in [0.5, 0.6) is 11.5 Å². The Morgan fingerprint density at radius 1 is 1.22 bits per heavy atom. The smallest absolute Gasteiger partial charge is 0.191 e. The van der Waals surface area contributed by atoms with E-state index in [0.717, 1.165) is 30.2 Å². The molecule has 1 aliphatic heterocycles. The quantitative estimate of drug-likeness (QED) is 0.659. The molecule has 0 spiro atoms. The van der Waals surface area contributed by atoms with Crippen LogP contribution in [0.3, 0.4) is 0 Å². The second kappa shape index (κ2) is 7.55. The van der Waals surface area contributed by atoms with Crippen molar-refractivity contribution in [3.63, 3.8) is 0 Å². The minimum Gasteiger partial charge on any atom is -0.493 e. The van der Waals surface area contributed by atoms with E-state index >= 15 is 0 Å². The van der Waals surface area contributed by atoms with Crippen LogP contribution in [0.4, 0.5) is 0 Å². The van der Waals surface area contributed by atoms with Gasteiger partial charge in [0.25, 0.3) is 0 Å². The molecule has 1 heterocycles. The number of morpholine rings is 1. The molecule has 2 N–H and O–H groups in total. The number of ether oxygens (including phenoxy) is 3. The Kier molecular flexibility index (Phi) is 5.71. The van der Waals surface area contributed by atoms with Crippen LogP contribution in [-0.2, 0) is 10.2 Å². The van der Waals surface area contributed by atoms with Crippen LogP contribution in [0.15, 0.2) is 23.2 Å². The molecule has 0 bridgehead atoms. The van der Waals surface area contributed by atoms with E-state index in [2.05, 4.69) is 23.7 Å². The highest BCUT2D eigenvalue weighted by atomic mass is 16.5. The fraction of sp³-hybridized carbons (Fsp3) is 0.588. The van der Waals surface area contributed by atoms with E-state index in [-0.39, 0.29) is 5.41 Å². The lowest BCUT2D eigenvalue weighted by atomic mass is 9.84. The molecule has 0 atom stereocenters. The van der Waals surface area contributed by atoms with Crippen LogP contribution in [0.1, 0.15) is 19.4 Å². The van der Waals surface area contributed by atoms with Crippen LogP contribution < -0.4 is 15.2 Å². The standard InChI is InChI=1S/C17H27N3O3/c1-17(2,12-19-16(18)20-7-9-23-10-8-20)13-5-6-14(21-3)15(11-13)22-4/h5-6,11H,7-10,12H2,1-4H3,(H2,18,19). The molecular weight excluding hydrogens is 294 g/mol. The number of guanidine groups is 1. The summed E-state index contributed by atoms with van der Waals surface area (Å²) in [5, 5.41) is 0. The summed E-state index contributed by atoms with van der Waals surface area (Å²) in [4.78, 5) is 6.65. The zero-order chi connectivity index (χ0) is 16.9. The van der Waals surface area contributed by atoms with Crippen LogP contribution in [0.25, 0.3) is 0 Å². The Labute approximate surface area is 138 Å². The molecule has 23 heavy (non-hydrogen) atoms. The lowest BCUT2D eigenvalue weighted by Gasteiger charge is -2.29. The molecule has 1 aromatic rings. The summed E-state index contributed by atoms with van der Waals surface area (Å²) in [5.74, 6) is 2.04. The third-order valence-electron chi connectivity index (χ3n) is 4.14. The first-order chi connectivity index (χ1) is 11.0. The molecule has 1 aliphatic rings. The summed E-state index contributed by atoms with van der Waals surface area (Å²) in [7, 11) is 3.28. The van der Waals surface area contributed by atoms with Gasteiger partial charge in [0, 0.05) is 18.5 Å². The Bertz CT molecular complexity index is 552. The highest BCUT2D eigenvalue weighted by Gasteiger charge is 2.23. The minimum absolute atomic E-state index is 0.156. The largest absolute Gasteiger partial charge is 0.493 e. The number of aliphatic imine (C=N–C) groups is 1. The van der Waals surface area contributed by atoms with Gasteiger partial charge in [0.1, 0.15) is 0 Å². The van der Waals surface area contributed by atoms with Crippen molar-refractivity contribution in [1.29, 1.82) is 0 Å². The molecular formula is C17H27N3O3. The molecule has 0 radical (unpaired) electrons. The maximum atomic E-state index is 6.11. The third-order valence-corrected chi connectivity index (χ3v) is 4.14. The van der Waals surface area contributed by atoms with Crippen molar-refractivity contribution in [2.75, 3.05) is 47.1 Å². The van der Waals surface area contributed by atoms with Crippen LogP contribution in [-0.4, -0.2) is 57.9 Å². The number of hydrogen-bond acceptors (Lipinski definition) is 4. The van der Waals surface area contributed by atoms with Gasteiger partial charge in [0.05, 0.1) is 34.0 Å². The SMILES string of the molecule is COc1ccc(C(C)(C)CN=C(N)N2CCOCC2)cc1OC. The average molecular weight is 321 g/mol. The Morgan fingerprint density at radius 2 is 1.87 bits per heavy atom. The van der Waals surface area contributed by atoms with E-state index in [0.29, 0.717) is 25.7 Å². The molecule has 6 heteroatoms. The number of rotatable bonds is 5. The third kappa shape index (κ3) is 4.28. The number of nitrogens with two attached hydrogens (primary N) is 1. The first-order valence-corrected chi connectivity index (χ1v) is 7.83. The van der Waals surface area contributed by atoms with E-state index in [4.69, 9.17) is 19.9 Å². The van der Waals surface area contributed by atoms with E-state index in [1.165, 1.54) is 0 Å². The fourth-order valence-electron chi connectivity index (χ4n) is 2.52. The van der Waals surface area contributed by atoms with E-state index in [1.54, 1.807) is 14.2 Å². The van der Waals surface area contributed by atoms with Crippen molar-refractivity contribution in [3.8, 4) is 11.5 Å². The Balaban J connectivity index is 2.11.